The minimum atomic E-state index is -0.626. The zero-order chi connectivity index (χ0) is 23.8. The highest BCUT2D eigenvalue weighted by molar-refractivity contribution is 5.83. The van der Waals surface area contributed by atoms with Crippen molar-refractivity contribution in [1.82, 2.24) is 10.3 Å². The number of hydrogen-bond donors (Lipinski definition) is 2. The first kappa shape index (κ1) is 24.0. The number of para-hydroxylation sites is 1. The molecule has 0 fully saturated rings. The molecular weight excluding hydrogens is 418 g/mol. The highest BCUT2D eigenvalue weighted by Crippen LogP contribution is 2.18. The molecule has 7 heteroatoms. The molecule has 1 heterocycles. The summed E-state index contributed by atoms with van der Waals surface area (Å²) in [5, 5.41) is 4.00. The monoisotopic (exact) mass is 450 g/mol. The normalized spacial score (nSPS) is 12.9. The number of rotatable bonds is 7. The standard InChI is InChI=1S/C26H31N3O4/c1-26(2,3)33-24(30)28-21(16-19-10-6-5-7-11-19)18-29(25(31)32-4)15-14-20-17-27-23-13-9-8-12-22(20)23/h5-13,17-18,21,27H,14-16H2,1-4H3/p+1/b29-18-/t21-/m0/s1. The molecule has 0 aliphatic carbocycles. The molecular formula is C26H32N3O4+. The zero-order valence-corrected chi connectivity index (χ0v) is 19.6. The Labute approximate surface area is 194 Å². The first-order valence-electron chi connectivity index (χ1n) is 11.0. The molecule has 1 atom stereocenters. The second-order valence-electron chi connectivity index (χ2n) is 8.86. The lowest BCUT2D eigenvalue weighted by atomic mass is 10.1. The molecule has 0 spiro atoms. The van der Waals surface area contributed by atoms with Gasteiger partial charge in [-0.1, -0.05) is 48.5 Å². The van der Waals surface area contributed by atoms with E-state index in [2.05, 4.69) is 16.4 Å². The third-order valence-corrected chi connectivity index (χ3v) is 5.07. The third-order valence-electron chi connectivity index (χ3n) is 5.07. The number of ether oxygens (including phenoxy) is 2. The fraction of sp³-hybridized carbons (Fsp3) is 0.346. The maximum absolute atomic E-state index is 12.6. The van der Waals surface area contributed by atoms with Gasteiger partial charge in [0.2, 0.25) is 0 Å². The molecule has 33 heavy (non-hydrogen) atoms. The molecule has 1 aromatic heterocycles. The summed E-state index contributed by atoms with van der Waals surface area (Å²) in [7, 11) is 1.35. The highest BCUT2D eigenvalue weighted by Gasteiger charge is 2.25. The van der Waals surface area contributed by atoms with E-state index < -0.39 is 23.8 Å². The number of aromatic nitrogens is 1. The number of benzene rings is 2. The van der Waals surface area contributed by atoms with Crippen molar-refractivity contribution in [2.75, 3.05) is 13.7 Å². The lowest BCUT2D eigenvalue weighted by Gasteiger charge is -2.21. The Morgan fingerprint density at radius 2 is 1.79 bits per heavy atom. The van der Waals surface area contributed by atoms with E-state index in [0.717, 1.165) is 22.0 Å². The molecule has 2 aromatic carbocycles. The van der Waals surface area contributed by atoms with Crippen molar-refractivity contribution in [3.05, 3.63) is 71.9 Å². The van der Waals surface area contributed by atoms with Gasteiger partial charge in [0.1, 0.15) is 11.6 Å². The Morgan fingerprint density at radius 1 is 1.09 bits per heavy atom. The first-order valence-corrected chi connectivity index (χ1v) is 11.0. The van der Waals surface area contributed by atoms with Gasteiger partial charge in [-0.3, -0.25) is 0 Å². The van der Waals surface area contributed by atoms with E-state index in [1.54, 1.807) is 6.21 Å². The van der Waals surface area contributed by atoms with Crippen molar-refractivity contribution in [1.29, 1.82) is 0 Å². The van der Waals surface area contributed by atoms with Crippen molar-refractivity contribution in [2.45, 2.75) is 45.3 Å². The number of H-pyrrole nitrogens is 1. The summed E-state index contributed by atoms with van der Waals surface area (Å²) in [4.78, 5) is 28.3. The van der Waals surface area contributed by atoms with E-state index in [-0.39, 0.29) is 0 Å². The van der Waals surface area contributed by atoms with E-state index in [0.29, 0.717) is 19.4 Å². The summed E-state index contributed by atoms with van der Waals surface area (Å²) in [6.07, 6.45) is 3.76. The van der Waals surface area contributed by atoms with Crippen LogP contribution in [0.2, 0.25) is 0 Å². The smallest absolute Gasteiger partial charge is 0.444 e. The second-order valence-corrected chi connectivity index (χ2v) is 8.86. The maximum atomic E-state index is 12.6. The Balaban J connectivity index is 1.83. The van der Waals surface area contributed by atoms with E-state index in [4.69, 9.17) is 9.47 Å². The largest absolute Gasteiger partial charge is 0.595 e. The Morgan fingerprint density at radius 3 is 2.48 bits per heavy atom. The summed E-state index contributed by atoms with van der Waals surface area (Å²) in [5.74, 6) is 0. The van der Waals surface area contributed by atoms with Gasteiger partial charge in [-0.05, 0) is 38.0 Å². The molecule has 3 aromatic rings. The summed E-state index contributed by atoms with van der Waals surface area (Å²) in [5.41, 5.74) is 2.55. The van der Waals surface area contributed by atoms with Crippen LogP contribution in [0.25, 0.3) is 10.9 Å². The van der Waals surface area contributed by atoms with E-state index in [9.17, 15) is 9.59 Å². The molecule has 0 radical (unpaired) electrons. The number of carbonyl (C=O) groups excluding carboxylic acids is 2. The molecule has 7 nitrogen and oxygen atoms in total. The molecule has 0 aliphatic heterocycles. The molecule has 174 valence electrons. The molecule has 0 saturated carbocycles. The van der Waals surface area contributed by atoms with Crippen molar-refractivity contribution in [2.24, 2.45) is 0 Å². The second kappa shape index (κ2) is 10.8. The molecule has 0 bridgehead atoms. The summed E-state index contributed by atoms with van der Waals surface area (Å²) in [6.45, 7) is 5.83. The summed E-state index contributed by atoms with van der Waals surface area (Å²) >= 11 is 0. The predicted molar refractivity (Wildman–Crippen MR) is 129 cm³/mol. The molecule has 2 amide bonds. The van der Waals surface area contributed by atoms with Crippen molar-refractivity contribution in [3.8, 4) is 0 Å². The molecule has 0 unspecified atom stereocenters. The highest BCUT2D eigenvalue weighted by atomic mass is 16.6. The van der Waals surface area contributed by atoms with Crippen molar-refractivity contribution >= 4 is 29.3 Å². The van der Waals surface area contributed by atoms with Gasteiger partial charge in [0.15, 0.2) is 12.8 Å². The van der Waals surface area contributed by atoms with E-state index >= 15 is 0 Å². The van der Waals surface area contributed by atoms with Gasteiger partial charge >= 0.3 is 12.2 Å². The van der Waals surface area contributed by atoms with Crippen LogP contribution in [0, 0.1) is 0 Å². The van der Waals surface area contributed by atoms with Crippen LogP contribution in [0.5, 0.6) is 0 Å². The lowest BCUT2D eigenvalue weighted by molar-refractivity contribution is -0.442. The number of methoxy groups -OCH3 is 1. The van der Waals surface area contributed by atoms with Gasteiger partial charge < -0.3 is 19.8 Å². The maximum Gasteiger partial charge on any atom is 0.595 e. The molecule has 0 aliphatic rings. The van der Waals surface area contributed by atoms with Crippen LogP contribution in [0.1, 0.15) is 31.9 Å². The number of fused-ring (bicyclic) bond motifs is 1. The number of nitrogens with zero attached hydrogens (tertiary/aromatic N) is 1. The van der Waals surface area contributed by atoms with Crippen LogP contribution in [0.3, 0.4) is 0 Å². The number of aromatic amines is 1. The Kier molecular flexibility index (Phi) is 7.87. The fourth-order valence-electron chi connectivity index (χ4n) is 3.61. The zero-order valence-electron chi connectivity index (χ0n) is 19.6. The van der Waals surface area contributed by atoms with Crippen LogP contribution in [-0.4, -0.2) is 53.3 Å². The number of hydrogen-bond acceptors (Lipinski definition) is 4. The van der Waals surface area contributed by atoms with E-state index in [1.165, 1.54) is 11.7 Å². The minimum Gasteiger partial charge on any atom is -0.444 e. The van der Waals surface area contributed by atoms with E-state index in [1.807, 2.05) is 75.5 Å². The van der Waals surface area contributed by atoms with Crippen LogP contribution >= 0.6 is 0 Å². The van der Waals surface area contributed by atoms with Crippen LogP contribution in [0.4, 0.5) is 9.59 Å². The van der Waals surface area contributed by atoms with Gasteiger partial charge in [-0.15, -0.1) is 4.58 Å². The predicted octanol–water partition coefficient (Wildman–Crippen LogP) is 4.70. The first-order chi connectivity index (χ1) is 15.7. The number of alkyl carbamates (subject to hydrolysis) is 1. The van der Waals surface area contributed by atoms with Gasteiger partial charge in [0, 0.05) is 29.9 Å². The van der Waals surface area contributed by atoms with Gasteiger partial charge in [-0.25, -0.2) is 4.79 Å². The fourth-order valence-corrected chi connectivity index (χ4v) is 3.61. The Bertz CT molecular complexity index is 1110. The number of carbonyl (C=O) groups is 2. The summed E-state index contributed by atoms with van der Waals surface area (Å²) < 4.78 is 11.9. The average Bonchev–Trinajstić information content (AvgIpc) is 3.18. The van der Waals surface area contributed by atoms with Crippen LogP contribution in [-0.2, 0) is 22.3 Å². The summed E-state index contributed by atoms with van der Waals surface area (Å²) in [6, 6.07) is 17.3. The molecule has 3 rings (SSSR count). The number of amides is 2. The minimum absolute atomic E-state index is 0.399. The van der Waals surface area contributed by atoms with Gasteiger partial charge in [0.25, 0.3) is 0 Å². The SMILES string of the molecule is COC(=O)/[N+](=C\[C@H](Cc1ccccc1)NC(=O)OC(C)(C)C)CCc1c[nH]c2ccccc12. The van der Waals surface area contributed by atoms with Crippen LogP contribution < -0.4 is 5.32 Å². The van der Waals surface area contributed by atoms with Crippen LogP contribution in [0.15, 0.2) is 60.8 Å². The van der Waals surface area contributed by atoms with Crippen molar-refractivity contribution < 1.29 is 23.6 Å². The molecule has 2 N–H and O–H groups in total. The topological polar surface area (TPSA) is 83.4 Å². The average molecular weight is 451 g/mol. The lowest BCUT2D eigenvalue weighted by Crippen LogP contribution is -2.43. The quantitative estimate of drug-likeness (QED) is 0.404. The van der Waals surface area contributed by atoms with Gasteiger partial charge in [-0.2, -0.15) is 4.79 Å². The van der Waals surface area contributed by atoms with Crippen molar-refractivity contribution in [3.63, 3.8) is 0 Å². The Hall–Kier alpha value is -3.61. The third kappa shape index (κ3) is 7.20. The van der Waals surface area contributed by atoms with Gasteiger partial charge in [0.05, 0.1) is 7.11 Å². The number of nitrogens with one attached hydrogen (secondary N) is 2. The molecule has 0 saturated heterocycles.